The number of halogens is 2. The molecule has 0 saturated heterocycles. The molecular formula is C10H10F2O2. The second kappa shape index (κ2) is 4.69. The van der Waals surface area contributed by atoms with Crippen molar-refractivity contribution >= 4 is 5.97 Å². The Balaban J connectivity index is 2.85. The quantitative estimate of drug-likeness (QED) is 0.808. The van der Waals surface area contributed by atoms with E-state index in [1.165, 1.54) is 6.07 Å². The second-order valence-corrected chi connectivity index (χ2v) is 2.93. The van der Waals surface area contributed by atoms with Gasteiger partial charge in [-0.2, -0.15) is 0 Å². The molecule has 1 rings (SSSR count). The summed E-state index contributed by atoms with van der Waals surface area (Å²) in [5.74, 6) is -1.01. The molecule has 0 bridgehead atoms. The van der Waals surface area contributed by atoms with Crippen molar-refractivity contribution in [1.29, 1.82) is 0 Å². The molecule has 76 valence electrons. The predicted octanol–water partition coefficient (Wildman–Crippen LogP) is 2.12. The first-order valence-corrected chi connectivity index (χ1v) is 4.16. The summed E-state index contributed by atoms with van der Waals surface area (Å²) in [6, 6.07) is 6.37. The van der Waals surface area contributed by atoms with Crippen LogP contribution in [-0.4, -0.2) is 17.5 Å². The smallest absolute Gasteiger partial charge is 0.307 e. The molecule has 0 amide bonds. The maximum Gasteiger partial charge on any atom is 0.307 e. The first-order chi connectivity index (χ1) is 6.59. The van der Waals surface area contributed by atoms with Gasteiger partial charge in [-0.15, -0.1) is 0 Å². The van der Waals surface area contributed by atoms with E-state index >= 15 is 0 Å². The number of carbonyl (C=O) groups is 1. The summed E-state index contributed by atoms with van der Waals surface area (Å²) in [6.07, 6.45) is -3.03. The molecule has 0 aromatic heterocycles. The molecule has 4 heteroatoms. The third kappa shape index (κ3) is 3.12. The van der Waals surface area contributed by atoms with Gasteiger partial charge >= 0.3 is 5.97 Å². The molecule has 1 N–H and O–H groups in total. The topological polar surface area (TPSA) is 37.3 Å². The molecule has 0 radical (unpaired) electrons. The van der Waals surface area contributed by atoms with Crippen molar-refractivity contribution in [2.24, 2.45) is 0 Å². The zero-order valence-corrected chi connectivity index (χ0v) is 7.41. The van der Waals surface area contributed by atoms with Gasteiger partial charge in [-0.05, 0) is 11.1 Å². The van der Waals surface area contributed by atoms with Crippen LogP contribution in [0.1, 0.15) is 11.1 Å². The molecule has 0 aliphatic heterocycles. The van der Waals surface area contributed by atoms with Crippen LogP contribution in [0, 0.1) is 0 Å². The molecule has 0 atom stereocenters. The number of aliphatic carboxylic acids is 1. The van der Waals surface area contributed by atoms with E-state index in [0.29, 0.717) is 11.1 Å². The van der Waals surface area contributed by atoms with Gasteiger partial charge in [0.15, 0.2) is 0 Å². The van der Waals surface area contributed by atoms with Crippen molar-refractivity contribution in [2.45, 2.75) is 19.3 Å². The summed E-state index contributed by atoms with van der Waals surface area (Å²) in [6.45, 7) is 0. The Labute approximate surface area is 80.2 Å². The van der Waals surface area contributed by atoms with Crippen molar-refractivity contribution in [1.82, 2.24) is 0 Å². The molecule has 0 saturated carbocycles. The van der Waals surface area contributed by atoms with E-state index in [1.54, 1.807) is 18.2 Å². The number of rotatable bonds is 4. The Bertz CT molecular complexity index is 324. The Hall–Kier alpha value is -1.45. The SMILES string of the molecule is O=C(O)Cc1ccccc1CC(F)F. The molecule has 2 nitrogen and oxygen atoms in total. The van der Waals surface area contributed by atoms with Crippen LogP contribution in [0.3, 0.4) is 0 Å². The average Bonchev–Trinajstić information content (AvgIpc) is 2.06. The molecule has 14 heavy (non-hydrogen) atoms. The first-order valence-electron chi connectivity index (χ1n) is 4.16. The third-order valence-corrected chi connectivity index (χ3v) is 1.83. The van der Waals surface area contributed by atoms with E-state index in [2.05, 4.69) is 0 Å². The Morgan fingerprint density at radius 2 is 1.86 bits per heavy atom. The molecule has 0 aliphatic rings. The number of benzene rings is 1. The number of carboxylic acids is 1. The van der Waals surface area contributed by atoms with Gasteiger partial charge in [-0.1, -0.05) is 24.3 Å². The highest BCUT2D eigenvalue weighted by molar-refractivity contribution is 5.70. The minimum atomic E-state index is -2.44. The lowest BCUT2D eigenvalue weighted by Gasteiger charge is -2.06. The van der Waals surface area contributed by atoms with Gasteiger partial charge in [0.05, 0.1) is 6.42 Å². The molecule has 0 unspecified atom stereocenters. The molecule has 0 aliphatic carbocycles. The van der Waals surface area contributed by atoms with Gasteiger partial charge in [0, 0.05) is 6.42 Å². The highest BCUT2D eigenvalue weighted by Gasteiger charge is 2.10. The second-order valence-electron chi connectivity index (χ2n) is 2.93. The fourth-order valence-electron chi connectivity index (χ4n) is 1.26. The molecule has 0 spiro atoms. The van der Waals surface area contributed by atoms with Crippen LogP contribution >= 0.6 is 0 Å². The third-order valence-electron chi connectivity index (χ3n) is 1.83. The van der Waals surface area contributed by atoms with Gasteiger partial charge in [-0.3, -0.25) is 4.79 Å². The minimum Gasteiger partial charge on any atom is -0.481 e. The lowest BCUT2D eigenvalue weighted by atomic mass is 10.0. The number of alkyl halides is 2. The summed E-state index contributed by atoms with van der Waals surface area (Å²) >= 11 is 0. The number of carboxylic acid groups (broad SMARTS) is 1. The Morgan fingerprint density at radius 3 is 2.36 bits per heavy atom. The van der Waals surface area contributed by atoms with Crippen molar-refractivity contribution in [3.05, 3.63) is 35.4 Å². The lowest BCUT2D eigenvalue weighted by molar-refractivity contribution is -0.136. The van der Waals surface area contributed by atoms with Crippen LogP contribution in [-0.2, 0) is 17.6 Å². The Morgan fingerprint density at radius 1 is 1.29 bits per heavy atom. The molecular weight excluding hydrogens is 190 g/mol. The highest BCUT2D eigenvalue weighted by Crippen LogP contribution is 2.13. The maximum absolute atomic E-state index is 12.1. The molecule has 1 aromatic carbocycles. The van der Waals surface area contributed by atoms with E-state index in [9.17, 15) is 13.6 Å². The summed E-state index contributed by atoms with van der Waals surface area (Å²) in [5, 5.41) is 8.54. The van der Waals surface area contributed by atoms with E-state index in [4.69, 9.17) is 5.11 Å². The fourth-order valence-corrected chi connectivity index (χ4v) is 1.26. The predicted molar refractivity (Wildman–Crippen MR) is 47.5 cm³/mol. The summed E-state index contributed by atoms with van der Waals surface area (Å²) in [4.78, 5) is 10.4. The van der Waals surface area contributed by atoms with Crippen LogP contribution in [0.4, 0.5) is 8.78 Å². The zero-order valence-electron chi connectivity index (χ0n) is 7.41. The summed E-state index contributed by atoms with van der Waals surface area (Å²) in [7, 11) is 0. The van der Waals surface area contributed by atoms with Crippen LogP contribution < -0.4 is 0 Å². The molecule has 0 fully saturated rings. The minimum absolute atomic E-state index is 0.205. The standard InChI is InChI=1S/C10H10F2O2/c11-9(12)5-7-3-1-2-4-8(7)6-10(13)14/h1-4,9H,5-6H2,(H,13,14). The molecule has 1 aromatic rings. The van der Waals surface area contributed by atoms with Crippen LogP contribution in [0.25, 0.3) is 0 Å². The van der Waals surface area contributed by atoms with E-state index in [1.807, 2.05) is 0 Å². The van der Waals surface area contributed by atoms with E-state index in [0.717, 1.165) is 0 Å². The average molecular weight is 200 g/mol. The number of hydrogen-bond acceptors (Lipinski definition) is 1. The number of hydrogen-bond donors (Lipinski definition) is 1. The van der Waals surface area contributed by atoms with Crippen LogP contribution in [0.5, 0.6) is 0 Å². The van der Waals surface area contributed by atoms with Gasteiger partial charge in [0.2, 0.25) is 6.43 Å². The first kappa shape index (κ1) is 10.6. The van der Waals surface area contributed by atoms with Crippen LogP contribution in [0.15, 0.2) is 24.3 Å². The lowest BCUT2D eigenvalue weighted by Crippen LogP contribution is -2.06. The van der Waals surface area contributed by atoms with Crippen molar-refractivity contribution < 1.29 is 18.7 Å². The van der Waals surface area contributed by atoms with Crippen molar-refractivity contribution in [3.8, 4) is 0 Å². The fraction of sp³-hybridized carbons (Fsp3) is 0.300. The van der Waals surface area contributed by atoms with E-state index in [-0.39, 0.29) is 12.8 Å². The highest BCUT2D eigenvalue weighted by atomic mass is 19.3. The normalized spacial score (nSPS) is 10.5. The van der Waals surface area contributed by atoms with Gasteiger partial charge in [0.1, 0.15) is 0 Å². The monoisotopic (exact) mass is 200 g/mol. The van der Waals surface area contributed by atoms with E-state index < -0.39 is 12.4 Å². The zero-order chi connectivity index (χ0) is 10.6. The van der Waals surface area contributed by atoms with Crippen molar-refractivity contribution in [2.75, 3.05) is 0 Å². The molecule has 0 heterocycles. The largest absolute Gasteiger partial charge is 0.481 e. The van der Waals surface area contributed by atoms with Crippen molar-refractivity contribution in [3.63, 3.8) is 0 Å². The van der Waals surface area contributed by atoms with Gasteiger partial charge in [0.25, 0.3) is 0 Å². The Kier molecular flexibility index (Phi) is 3.56. The van der Waals surface area contributed by atoms with Gasteiger partial charge in [-0.25, -0.2) is 8.78 Å². The maximum atomic E-state index is 12.1. The summed E-state index contributed by atoms with van der Waals surface area (Å²) in [5.41, 5.74) is 0.866. The summed E-state index contributed by atoms with van der Waals surface area (Å²) < 4.78 is 24.2. The van der Waals surface area contributed by atoms with Crippen LogP contribution in [0.2, 0.25) is 0 Å². The van der Waals surface area contributed by atoms with Gasteiger partial charge < -0.3 is 5.11 Å².